The van der Waals surface area contributed by atoms with Gasteiger partial charge in [0.15, 0.2) is 11.5 Å². The zero-order valence-electron chi connectivity index (χ0n) is 12.5. The van der Waals surface area contributed by atoms with Gasteiger partial charge in [-0.05, 0) is 53.5 Å². The van der Waals surface area contributed by atoms with E-state index < -0.39 is 5.97 Å². The predicted octanol–water partition coefficient (Wildman–Crippen LogP) is 1.99. The van der Waals surface area contributed by atoms with Crippen molar-refractivity contribution in [2.75, 3.05) is 27.4 Å². The Morgan fingerprint density at radius 2 is 1.86 bits per heavy atom. The molecule has 22 heavy (non-hydrogen) atoms. The summed E-state index contributed by atoms with van der Waals surface area (Å²) >= 11 is 2.04. The maximum Gasteiger partial charge on any atom is 0.325 e. The Hall–Kier alpha value is -1.51. The van der Waals surface area contributed by atoms with Gasteiger partial charge in [0.25, 0.3) is 5.91 Å². The Balaban J connectivity index is 1.94. The third-order valence-electron chi connectivity index (χ3n) is 3.29. The molecule has 1 N–H and O–H groups in total. The molecule has 0 radical (unpaired) electrons. The van der Waals surface area contributed by atoms with E-state index in [-0.39, 0.29) is 12.5 Å². The summed E-state index contributed by atoms with van der Waals surface area (Å²) in [4.78, 5) is 23.7. The second-order valence-electron chi connectivity index (χ2n) is 5.00. The fourth-order valence-corrected chi connectivity index (χ4v) is 2.51. The topological polar surface area (TPSA) is 73.9 Å². The van der Waals surface area contributed by atoms with Gasteiger partial charge in [0.2, 0.25) is 0 Å². The number of esters is 1. The van der Waals surface area contributed by atoms with Crippen LogP contribution in [0.25, 0.3) is 0 Å². The van der Waals surface area contributed by atoms with Crippen LogP contribution in [0.4, 0.5) is 0 Å². The summed E-state index contributed by atoms with van der Waals surface area (Å²) in [6.45, 7) is 0.304. The highest BCUT2D eigenvalue weighted by Crippen LogP contribution is 2.31. The number of rotatable bonds is 7. The molecule has 0 bridgehead atoms. The summed E-state index contributed by atoms with van der Waals surface area (Å²) in [7, 11) is 3.03. The van der Waals surface area contributed by atoms with E-state index in [9.17, 15) is 9.59 Å². The maximum atomic E-state index is 12.2. The maximum absolute atomic E-state index is 12.2. The molecule has 1 amide bonds. The van der Waals surface area contributed by atoms with Crippen molar-refractivity contribution in [1.82, 2.24) is 5.32 Å². The van der Waals surface area contributed by atoms with Gasteiger partial charge in [-0.2, -0.15) is 0 Å². The van der Waals surface area contributed by atoms with Gasteiger partial charge in [0.05, 0.1) is 26.4 Å². The summed E-state index contributed by atoms with van der Waals surface area (Å²) in [5, 5.41) is 2.56. The minimum absolute atomic E-state index is 0.143. The molecule has 6 nitrogen and oxygen atoms in total. The van der Waals surface area contributed by atoms with E-state index in [1.165, 1.54) is 14.2 Å². The van der Waals surface area contributed by atoms with Crippen LogP contribution in [0.2, 0.25) is 0 Å². The fraction of sp³-hybridized carbons (Fsp3) is 0.467. The molecule has 0 aromatic heterocycles. The zero-order chi connectivity index (χ0) is 16.1. The number of amides is 1. The third-order valence-corrected chi connectivity index (χ3v) is 4.18. The van der Waals surface area contributed by atoms with Gasteiger partial charge < -0.3 is 19.5 Å². The van der Waals surface area contributed by atoms with E-state index in [0.29, 0.717) is 33.2 Å². The van der Waals surface area contributed by atoms with E-state index in [1.54, 1.807) is 12.1 Å². The Morgan fingerprint density at radius 3 is 2.45 bits per heavy atom. The molecular weight excluding hydrogens is 401 g/mol. The first kappa shape index (κ1) is 16.9. The van der Waals surface area contributed by atoms with Crippen LogP contribution in [0, 0.1) is 9.49 Å². The van der Waals surface area contributed by atoms with Gasteiger partial charge in [-0.25, -0.2) is 0 Å². The van der Waals surface area contributed by atoms with Crippen LogP contribution in [-0.2, 0) is 9.53 Å². The van der Waals surface area contributed by atoms with Crippen molar-refractivity contribution in [2.45, 2.75) is 12.8 Å². The summed E-state index contributed by atoms with van der Waals surface area (Å²) in [5.74, 6) is 0.743. The van der Waals surface area contributed by atoms with E-state index >= 15 is 0 Å². The third kappa shape index (κ3) is 4.49. The standard InChI is InChI=1S/C15H18INO5/c1-20-12-5-10(11(16)6-13(12)21-2)15(19)17-7-14(18)22-8-9-3-4-9/h5-6,9H,3-4,7-8H2,1-2H3,(H,17,19). The van der Waals surface area contributed by atoms with Gasteiger partial charge in [0, 0.05) is 3.57 Å². The SMILES string of the molecule is COc1cc(I)c(C(=O)NCC(=O)OCC2CC2)cc1OC. The summed E-state index contributed by atoms with van der Waals surface area (Å²) in [6.07, 6.45) is 2.23. The Labute approximate surface area is 142 Å². The normalized spacial score (nSPS) is 13.4. The molecule has 0 heterocycles. The van der Waals surface area contributed by atoms with Crippen LogP contribution in [0.15, 0.2) is 12.1 Å². The molecule has 1 fully saturated rings. The van der Waals surface area contributed by atoms with Crippen molar-refractivity contribution < 1.29 is 23.8 Å². The summed E-state index contributed by atoms with van der Waals surface area (Å²) in [5.41, 5.74) is 0.424. The van der Waals surface area contributed by atoms with Crippen LogP contribution in [0.1, 0.15) is 23.2 Å². The average Bonchev–Trinajstić information content (AvgIpc) is 3.34. The minimum atomic E-state index is -0.421. The van der Waals surface area contributed by atoms with Crippen LogP contribution in [-0.4, -0.2) is 39.2 Å². The lowest BCUT2D eigenvalue weighted by Crippen LogP contribution is -2.31. The first-order valence-electron chi connectivity index (χ1n) is 6.90. The molecule has 0 aliphatic heterocycles. The molecule has 120 valence electrons. The van der Waals surface area contributed by atoms with Crippen LogP contribution in [0.3, 0.4) is 0 Å². The Morgan fingerprint density at radius 1 is 1.23 bits per heavy atom. The number of nitrogens with one attached hydrogen (secondary N) is 1. The zero-order valence-corrected chi connectivity index (χ0v) is 14.6. The van der Waals surface area contributed by atoms with Crippen molar-refractivity contribution in [3.63, 3.8) is 0 Å². The van der Waals surface area contributed by atoms with Gasteiger partial charge in [-0.1, -0.05) is 0 Å². The lowest BCUT2D eigenvalue weighted by Gasteiger charge is -2.12. The van der Waals surface area contributed by atoms with Gasteiger partial charge in [-0.3, -0.25) is 9.59 Å². The molecule has 1 aromatic rings. The van der Waals surface area contributed by atoms with Crippen molar-refractivity contribution in [3.05, 3.63) is 21.3 Å². The lowest BCUT2D eigenvalue weighted by molar-refractivity contribution is -0.142. The number of hydrogen-bond donors (Lipinski definition) is 1. The number of hydrogen-bond acceptors (Lipinski definition) is 5. The molecule has 1 aliphatic carbocycles. The second-order valence-corrected chi connectivity index (χ2v) is 6.16. The van der Waals surface area contributed by atoms with Gasteiger partial charge in [-0.15, -0.1) is 0 Å². The predicted molar refractivity (Wildman–Crippen MR) is 88.3 cm³/mol. The van der Waals surface area contributed by atoms with Crippen molar-refractivity contribution in [2.24, 2.45) is 5.92 Å². The van der Waals surface area contributed by atoms with Crippen molar-refractivity contribution in [3.8, 4) is 11.5 Å². The number of carbonyl (C=O) groups is 2. The second kappa shape index (κ2) is 7.66. The average molecular weight is 419 g/mol. The molecule has 0 atom stereocenters. The molecular formula is C15H18INO5. The first-order valence-corrected chi connectivity index (χ1v) is 7.98. The monoisotopic (exact) mass is 419 g/mol. The largest absolute Gasteiger partial charge is 0.493 e. The molecule has 1 aliphatic rings. The molecule has 0 unspecified atom stereocenters. The molecule has 1 aromatic carbocycles. The number of methoxy groups -OCH3 is 2. The summed E-state index contributed by atoms with van der Waals surface area (Å²) < 4.78 is 16.1. The molecule has 0 saturated heterocycles. The van der Waals surface area contributed by atoms with Crippen LogP contribution >= 0.6 is 22.6 Å². The van der Waals surface area contributed by atoms with Gasteiger partial charge >= 0.3 is 5.97 Å². The molecule has 7 heteroatoms. The molecule has 0 spiro atoms. The van der Waals surface area contributed by atoms with E-state index in [0.717, 1.165) is 12.8 Å². The Bertz CT molecular complexity index is 571. The fourth-order valence-electron chi connectivity index (χ4n) is 1.82. The smallest absolute Gasteiger partial charge is 0.325 e. The minimum Gasteiger partial charge on any atom is -0.493 e. The number of ether oxygens (including phenoxy) is 3. The molecule has 2 rings (SSSR count). The highest BCUT2D eigenvalue weighted by Gasteiger charge is 2.23. The lowest BCUT2D eigenvalue weighted by atomic mass is 10.2. The number of benzene rings is 1. The van der Waals surface area contributed by atoms with Gasteiger partial charge in [0.1, 0.15) is 6.54 Å². The van der Waals surface area contributed by atoms with Crippen LogP contribution in [0.5, 0.6) is 11.5 Å². The first-order chi connectivity index (χ1) is 10.5. The molecule has 1 saturated carbocycles. The quantitative estimate of drug-likeness (QED) is 0.541. The van der Waals surface area contributed by atoms with Crippen LogP contribution < -0.4 is 14.8 Å². The van der Waals surface area contributed by atoms with Crippen molar-refractivity contribution >= 4 is 34.5 Å². The number of halogens is 1. The summed E-state index contributed by atoms with van der Waals surface area (Å²) in [6, 6.07) is 3.30. The number of carbonyl (C=O) groups excluding carboxylic acids is 2. The van der Waals surface area contributed by atoms with E-state index in [2.05, 4.69) is 5.32 Å². The van der Waals surface area contributed by atoms with E-state index in [1.807, 2.05) is 22.6 Å². The highest BCUT2D eigenvalue weighted by molar-refractivity contribution is 14.1. The van der Waals surface area contributed by atoms with Crippen molar-refractivity contribution in [1.29, 1.82) is 0 Å². The van der Waals surface area contributed by atoms with E-state index in [4.69, 9.17) is 14.2 Å². The highest BCUT2D eigenvalue weighted by atomic mass is 127. The Kier molecular flexibility index (Phi) is 5.87.